The van der Waals surface area contributed by atoms with Gasteiger partial charge in [0.15, 0.2) is 0 Å². The van der Waals surface area contributed by atoms with Gasteiger partial charge >= 0.3 is 0 Å². The smallest absolute Gasteiger partial charge is 0.126 e. The van der Waals surface area contributed by atoms with E-state index in [1.807, 2.05) is 0 Å². The molecule has 2 aromatic rings. The summed E-state index contributed by atoms with van der Waals surface area (Å²) in [4.78, 5) is 0. The molecule has 2 nitrogen and oxygen atoms in total. The first-order chi connectivity index (χ1) is 9.13. The molecule has 0 radical (unpaired) electrons. The van der Waals surface area contributed by atoms with Crippen LogP contribution in [0.5, 0.6) is 0 Å². The summed E-state index contributed by atoms with van der Waals surface area (Å²) in [6, 6.07) is 11.7. The lowest BCUT2D eigenvalue weighted by atomic mass is 9.89. The molecule has 0 aliphatic rings. The van der Waals surface area contributed by atoms with Gasteiger partial charge in [-0.2, -0.15) is 0 Å². The lowest BCUT2D eigenvalue weighted by molar-refractivity contribution is 0.145. The number of aliphatic hydroxyl groups excluding tert-OH is 1. The molecule has 0 fully saturated rings. The molecule has 0 spiro atoms. The van der Waals surface area contributed by atoms with Gasteiger partial charge in [-0.3, -0.25) is 0 Å². The van der Waals surface area contributed by atoms with Gasteiger partial charge in [0.25, 0.3) is 0 Å². The Balaban J connectivity index is 2.32. The average Bonchev–Trinajstić information content (AvgIpc) is 2.42. The van der Waals surface area contributed by atoms with Gasteiger partial charge in [-0.25, -0.2) is 8.78 Å². The van der Waals surface area contributed by atoms with Crippen LogP contribution in [0.3, 0.4) is 0 Å². The molecule has 0 saturated heterocycles. The van der Waals surface area contributed by atoms with Crippen LogP contribution < -0.4 is 5.73 Å². The lowest BCUT2D eigenvalue weighted by Gasteiger charge is -2.22. The lowest BCUT2D eigenvalue weighted by Crippen LogP contribution is -2.21. The largest absolute Gasteiger partial charge is 0.388 e. The number of rotatable bonds is 4. The van der Waals surface area contributed by atoms with Gasteiger partial charge in [0, 0.05) is 12.5 Å². The van der Waals surface area contributed by atoms with E-state index in [4.69, 9.17) is 5.73 Å². The van der Waals surface area contributed by atoms with Crippen molar-refractivity contribution < 1.29 is 13.9 Å². The zero-order chi connectivity index (χ0) is 13.8. The highest BCUT2D eigenvalue weighted by molar-refractivity contribution is 5.28. The van der Waals surface area contributed by atoms with Crippen molar-refractivity contribution in [1.29, 1.82) is 0 Å². The Morgan fingerprint density at radius 3 is 2.21 bits per heavy atom. The molecule has 0 heterocycles. The second-order valence-electron chi connectivity index (χ2n) is 4.36. The summed E-state index contributed by atoms with van der Waals surface area (Å²) < 4.78 is 26.6. The molecule has 0 amide bonds. The quantitative estimate of drug-likeness (QED) is 0.891. The van der Waals surface area contributed by atoms with E-state index in [1.165, 1.54) is 30.3 Å². The Labute approximate surface area is 110 Å². The third-order valence-electron chi connectivity index (χ3n) is 3.15. The van der Waals surface area contributed by atoms with E-state index in [-0.39, 0.29) is 12.4 Å². The predicted molar refractivity (Wildman–Crippen MR) is 69.6 cm³/mol. The summed E-state index contributed by atoms with van der Waals surface area (Å²) in [6.07, 6.45) is -0.970. The van der Waals surface area contributed by atoms with E-state index < -0.39 is 17.8 Å². The molecule has 2 rings (SSSR count). The first-order valence-electron chi connectivity index (χ1n) is 6.01. The van der Waals surface area contributed by atoms with Gasteiger partial charge in [-0.1, -0.05) is 30.3 Å². The maximum Gasteiger partial charge on any atom is 0.126 e. The normalized spacial score (nSPS) is 14.1. The average molecular weight is 263 g/mol. The number of nitrogens with two attached hydrogens (primary N) is 1. The maximum absolute atomic E-state index is 13.7. The molecule has 3 N–H and O–H groups in total. The molecule has 4 heteroatoms. The molecule has 0 aromatic heterocycles. The molecule has 0 saturated carbocycles. The Hall–Kier alpha value is -1.78. The Morgan fingerprint density at radius 1 is 1.00 bits per heavy atom. The number of hydrogen-bond donors (Lipinski definition) is 2. The summed E-state index contributed by atoms with van der Waals surface area (Å²) in [6.45, 7) is 0.0967. The molecule has 0 aliphatic carbocycles. The van der Waals surface area contributed by atoms with Gasteiger partial charge in [0.2, 0.25) is 0 Å². The van der Waals surface area contributed by atoms with Gasteiger partial charge in [-0.15, -0.1) is 0 Å². The Morgan fingerprint density at radius 2 is 1.63 bits per heavy atom. The summed E-state index contributed by atoms with van der Waals surface area (Å²) >= 11 is 0. The predicted octanol–water partition coefficient (Wildman–Crippen LogP) is 2.74. The third-order valence-corrected chi connectivity index (χ3v) is 3.15. The van der Waals surface area contributed by atoms with E-state index in [1.54, 1.807) is 18.2 Å². The molecule has 0 aliphatic heterocycles. The number of hydrogen-bond acceptors (Lipinski definition) is 2. The van der Waals surface area contributed by atoms with Crippen LogP contribution in [0.25, 0.3) is 0 Å². The Bertz CT molecular complexity index is 542. The third kappa shape index (κ3) is 2.97. The van der Waals surface area contributed by atoms with Crippen molar-refractivity contribution in [2.75, 3.05) is 6.54 Å². The minimum Gasteiger partial charge on any atom is -0.388 e. The fraction of sp³-hybridized carbons (Fsp3) is 0.200. The van der Waals surface area contributed by atoms with Crippen molar-refractivity contribution in [2.24, 2.45) is 5.73 Å². The summed E-state index contributed by atoms with van der Waals surface area (Å²) in [7, 11) is 0. The summed E-state index contributed by atoms with van der Waals surface area (Å²) in [5.74, 6) is -1.35. The van der Waals surface area contributed by atoms with Gasteiger partial charge in [-0.05, 0) is 29.3 Å². The van der Waals surface area contributed by atoms with Crippen LogP contribution in [0.4, 0.5) is 8.78 Å². The van der Waals surface area contributed by atoms with Crippen LogP contribution in [-0.2, 0) is 0 Å². The van der Waals surface area contributed by atoms with Crippen molar-refractivity contribution in [3.63, 3.8) is 0 Å². The number of aliphatic hydroxyl groups is 1. The summed E-state index contributed by atoms with van der Waals surface area (Å²) in [5, 5.41) is 10.3. The van der Waals surface area contributed by atoms with Crippen molar-refractivity contribution in [3.8, 4) is 0 Å². The second kappa shape index (κ2) is 5.91. The van der Waals surface area contributed by atoms with Gasteiger partial charge in [0.05, 0.1) is 6.10 Å². The zero-order valence-corrected chi connectivity index (χ0v) is 10.3. The van der Waals surface area contributed by atoms with E-state index in [0.29, 0.717) is 11.1 Å². The first-order valence-corrected chi connectivity index (χ1v) is 6.01. The van der Waals surface area contributed by atoms with Crippen molar-refractivity contribution in [3.05, 3.63) is 71.3 Å². The molecule has 2 unspecified atom stereocenters. The SMILES string of the molecule is NCC(c1ccccc1F)C(O)c1ccc(F)cc1. The highest BCUT2D eigenvalue weighted by Crippen LogP contribution is 2.31. The highest BCUT2D eigenvalue weighted by atomic mass is 19.1. The molecule has 0 bridgehead atoms. The minimum absolute atomic E-state index is 0.0967. The fourth-order valence-electron chi connectivity index (χ4n) is 2.09. The molecular weight excluding hydrogens is 248 g/mol. The van der Waals surface area contributed by atoms with Crippen LogP contribution in [0.2, 0.25) is 0 Å². The fourth-order valence-corrected chi connectivity index (χ4v) is 2.09. The molecule has 2 atom stereocenters. The van der Waals surface area contributed by atoms with Crippen molar-refractivity contribution >= 4 is 0 Å². The van der Waals surface area contributed by atoms with Crippen LogP contribution in [-0.4, -0.2) is 11.7 Å². The van der Waals surface area contributed by atoms with E-state index >= 15 is 0 Å². The van der Waals surface area contributed by atoms with Crippen LogP contribution in [0, 0.1) is 11.6 Å². The van der Waals surface area contributed by atoms with E-state index in [2.05, 4.69) is 0 Å². The molecule has 100 valence electrons. The molecular formula is C15H15F2NO. The number of halogens is 2. The van der Waals surface area contributed by atoms with Crippen LogP contribution in [0.1, 0.15) is 23.1 Å². The van der Waals surface area contributed by atoms with Crippen LogP contribution in [0.15, 0.2) is 48.5 Å². The monoisotopic (exact) mass is 263 g/mol. The van der Waals surface area contributed by atoms with Gasteiger partial charge in [0.1, 0.15) is 11.6 Å². The van der Waals surface area contributed by atoms with Gasteiger partial charge < -0.3 is 10.8 Å². The van der Waals surface area contributed by atoms with E-state index in [0.717, 1.165) is 0 Å². The minimum atomic E-state index is -0.970. The number of benzene rings is 2. The topological polar surface area (TPSA) is 46.2 Å². The maximum atomic E-state index is 13.7. The van der Waals surface area contributed by atoms with Crippen molar-refractivity contribution in [2.45, 2.75) is 12.0 Å². The molecule has 19 heavy (non-hydrogen) atoms. The standard InChI is InChI=1S/C15H15F2NO/c16-11-7-5-10(6-8-11)15(19)13(9-18)12-3-1-2-4-14(12)17/h1-8,13,15,19H,9,18H2. The Kier molecular flexibility index (Phi) is 4.24. The summed E-state index contributed by atoms with van der Waals surface area (Å²) in [5.41, 5.74) is 6.52. The van der Waals surface area contributed by atoms with E-state index in [9.17, 15) is 13.9 Å². The molecule has 2 aromatic carbocycles. The highest BCUT2D eigenvalue weighted by Gasteiger charge is 2.23. The first kappa shape index (κ1) is 13.6. The van der Waals surface area contributed by atoms with Crippen molar-refractivity contribution in [1.82, 2.24) is 0 Å². The second-order valence-corrected chi connectivity index (χ2v) is 4.36. The van der Waals surface area contributed by atoms with Crippen LogP contribution >= 0.6 is 0 Å². The zero-order valence-electron chi connectivity index (χ0n) is 10.3.